The molecule has 2 amide bonds. The van der Waals surface area contributed by atoms with E-state index in [1.54, 1.807) is 17.0 Å². The van der Waals surface area contributed by atoms with Crippen LogP contribution in [0.25, 0.3) is 0 Å². The molecule has 0 aromatic heterocycles. The van der Waals surface area contributed by atoms with E-state index in [9.17, 15) is 18.0 Å². The Labute approximate surface area is 166 Å². The number of nitrogens with zero attached hydrogens (tertiary/aromatic N) is 1. The van der Waals surface area contributed by atoms with E-state index < -0.39 is 21.7 Å². The average molecular weight is 412 g/mol. The maximum Gasteiger partial charge on any atom is 0.410 e. The zero-order valence-electron chi connectivity index (χ0n) is 16.8. The molecule has 8 nitrogen and oxygen atoms in total. The van der Waals surface area contributed by atoms with E-state index in [-0.39, 0.29) is 16.7 Å². The monoisotopic (exact) mass is 411 g/mol. The number of carbonyl (C=O) groups excluding carboxylic acids is 2. The Hall–Kier alpha value is -2.13. The second kappa shape index (κ2) is 8.91. The molecule has 2 rings (SSSR count). The van der Waals surface area contributed by atoms with Crippen molar-refractivity contribution >= 4 is 22.0 Å². The second-order valence-electron chi connectivity index (χ2n) is 7.83. The number of nitrogens with one attached hydrogen (secondary N) is 2. The van der Waals surface area contributed by atoms with Gasteiger partial charge in [-0.3, -0.25) is 4.79 Å². The normalized spacial score (nSPS) is 17.9. The van der Waals surface area contributed by atoms with Crippen LogP contribution in [0.3, 0.4) is 0 Å². The molecule has 0 radical (unpaired) electrons. The molecule has 0 spiro atoms. The Morgan fingerprint density at radius 3 is 2.43 bits per heavy atom. The molecule has 1 fully saturated rings. The van der Waals surface area contributed by atoms with Gasteiger partial charge in [0.25, 0.3) is 0 Å². The Kier molecular flexibility index (Phi) is 7.06. The summed E-state index contributed by atoms with van der Waals surface area (Å²) in [6.45, 7) is 6.65. The fraction of sp³-hybridized carbons (Fsp3) is 0.579. The molecule has 1 unspecified atom stereocenters. The summed E-state index contributed by atoms with van der Waals surface area (Å²) in [5.74, 6) is -0.412. The van der Waals surface area contributed by atoms with Gasteiger partial charge in [-0.05, 0) is 58.4 Å². The molecule has 1 saturated heterocycles. The summed E-state index contributed by atoms with van der Waals surface area (Å²) in [5.41, 5.74) is 0.224. The summed E-state index contributed by atoms with van der Waals surface area (Å²) in [5, 5.41) is 2.87. The van der Waals surface area contributed by atoms with Crippen molar-refractivity contribution in [2.75, 3.05) is 20.1 Å². The van der Waals surface area contributed by atoms with Crippen LogP contribution >= 0.6 is 0 Å². The number of sulfonamides is 1. The number of amides is 2. The van der Waals surface area contributed by atoms with Gasteiger partial charge in [0.15, 0.2) is 0 Å². The second-order valence-corrected chi connectivity index (χ2v) is 9.72. The van der Waals surface area contributed by atoms with E-state index in [0.29, 0.717) is 26.1 Å². The zero-order valence-corrected chi connectivity index (χ0v) is 17.6. The lowest BCUT2D eigenvalue weighted by molar-refractivity contribution is -0.126. The van der Waals surface area contributed by atoms with Crippen LogP contribution in [0, 0.1) is 5.92 Å². The third kappa shape index (κ3) is 6.20. The van der Waals surface area contributed by atoms with Gasteiger partial charge in [0, 0.05) is 19.6 Å². The Bertz CT molecular complexity index is 800. The summed E-state index contributed by atoms with van der Waals surface area (Å²) in [4.78, 5) is 26.5. The first-order valence-corrected chi connectivity index (χ1v) is 10.8. The summed E-state index contributed by atoms with van der Waals surface area (Å²) in [6.07, 6.45) is 1.06. The fourth-order valence-corrected chi connectivity index (χ4v) is 3.65. The lowest BCUT2D eigenvalue weighted by Gasteiger charge is -2.33. The van der Waals surface area contributed by atoms with Gasteiger partial charge >= 0.3 is 6.09 Å². The van der Waals surface area contributed by atoms with Crippen molar-refractivity contribution in [3.8, 4) is 0 Å². The molecule has 0 bridgehead atoms. The van der Waals surface area contributed by atoms with Gasteiger partial charge in [-0.2, -0.15) is 0 Å². The summed E-state index contributed by atoms with van der Waals surface area (Å²) < 4.78 is 31.1. The molecule has 156 valence electrons. The Morgan fingerprint density at radius 2 is 1.86 bits per heavy atom. The number of carbonyl (C=O) groups is 2. The van der Waals surface area contributed by atoms with Gasteiger partial charge in [-0.1, -0.05) is 12.1 Å². The minimum absolute atomic E-state index is 0.125. The van der Waals surface area contributed by atoms with Crippen LogP contribution in [0.4, 0.5) is 4.79 Å². The number of hydrogen-bond donors (Lipinski definition) is 2. The molecule has 1 aromatic rings. The van der Waals surface area contributed by atoms with Gasteiger partial charge in [0.1, 0.15) is 5.60 Å². The van der Waals surface area contributed by atoms with Crippen molar-refractivity contribution in [1.82, 2.24) is 14.9 Å². The van der Waals surface area contributed by atoms with E-state index in [4.69, 9.17) is 4.74 Å². The van der Waals surface area contributed by atoms with E-state index in [1.807, 2.05) is 20.8 Å². The van der Waals surface area contributed by atoms with Gasteiger partial charge in [-0.25, -0.2) is 17.9 Å². The molecule has 0 aliphatic carbocycles. The van der Waals surface area contributed by atoms with E-state index in [1.165, 1.54) is 19.2 Å². The lowest BCUT2D eigenvalue weighted by Crippen LogP contribution is -2.46. The first-order valence-electron chi connectivity index (χ1n) is 9.30. The number of rotatable bonds is 5. The Balaban J connectivity index is 1.89. The minimum atomic E-state index is -3.48. The molecular weight excluding hydrogens is 382 g/mol. The number of piperidine rings is 1. The smallest absolute Gasteiger partial charge is 0.410 e. The van der Waals surface area contributed by atoms with Crippen LogP contribution in [0.5, 0.6) is 0 Å². The van der Waals surface area contributed by atoms with Crippen LogP contribution in [0.2, 0.25) is 0 Å². The quantitative estimate of drug-likeness (QED) is 0.769. The predicted octanol–water partition coefficient (Wildman–Crippen LogP) is 1.86. The molecule has 0 saturated carbocycles. The van der Waals surface area contributed by atoms with Crippen molar-refractivity contribution < 1.29 is 22.7 Å². The highest BCUT2D eigenvalue weighted by atomic mass is 32.2. The average Bonchev–Trinajstić information content (AvgIpc) is 2.65. The summed E-state index contributed by atoms with van der Waals surface area (Å²) in [6, 6.07) is 6.33. The number of likely N-dealkylation sites (tertiary alicyclic amines) is 1. The van der Waals surface area contributed by atoms with E-state index in [0.717, 1.165) is 12.0 Å². The summed E-state index contributed by atoms with van der Waals surface area (Å²) >= 11 is 0. The van der Waals surface area contributed by atoms with Crippen LogP contribution in [-0.2, 0) is 26.1 Å². The molecule has 9 heteroatoms. The van der Waals surface area contributed by atoms with Gasteiger partial charge < -0.3 is 15.0 Å². The molecule has 2 N–H and O–H groups in total. The number of ether oxygens (including phenoxy) is 1. The van der Waals surface area contributed by atoms with E-state index in [2.05, 4.69) is 10.0 Å². The molecule has 1 aromatic carbocycles. The lowest BCUT2D eigenvalue weighted by atomic mass is 9.97. The molecule has 28 heavy (non-hydrogen) atoms. The predicted molar refractivity (Wildman–Crippen MR) is 105 cm³/mol. The fourth-order valence-electron chi connectivity index (χ4n) is 2.92. The van der Waals surface area contributed by atoms with Gasteiger partial charge in [0.2, 0.25) is 15.9 Å². The van der Waals surface area contributed by atoms with Crippen molar-refractivity contribution in [2.24, 2.45) is 5.92 Å². The van der Waals surface area contributed by atoms with Crippen LogP contribution in [-0.4, -0.2) is 51.1 Å². The molecule has 1 heterocycles. The maximum atomic E-state index is 12.5. The summed E-state index contributed by atoms with van der Waals surface area (Å²) in [7, 11) is -2.12. The maximum absolute atomic E-state index is 12.5. The van der Waals surface area contributed by atoms with Crippen LogP contribution < -0.4 is 10.0 Å². The van der Waals surface area contributed by atoms with Crippen LogP contribution in [0.1, 0.15) is 39.2 Å². The molecule has 1 atom stereocenters. The number of benzene rings is 1. The highest BCUT2D eigenvalue weighted by Gasteiger charge is 2.30. The molecule has 1 aliphatic rings. The standard InChI is InChI=1S/C19H29N3O5S/c1-19(2,3)27-18(24)22-11-5-6-15(13-22)17(23)21-12-14-7-9-16(10-8-14)28(25,26)20-4/h7-10,15,20H,5-6,11-13H2,1-4H3,(H,21,23). The highest BCUT2D eigenvalue weighted by Crippen LogP contribution is 2.20. The molecular formula is C19H29N3O5S. The van der Waals surface area contributed by atoms with Crippen molar-refractivity contribution in [1.29, 1.82) is 0 Å². The topological polar surface area (TPSA) is 105 Å². The molecule has 1 aliphatic heterocycles. The first-order chi connectivity index (χ1) is 13.0. The van der Waals surface area contributed by atoms with Crippen molar-refractivity contribution in [3.05, 3.63) is 29.8 Å². The van der Waals surface area contributed by atoms with Crippen LogP contribution in [0.15, 0.2) is 29.2 Å². The third-order valence-corrected chi connectivity index (χ3v) is 5.84. The Morgan fingerprint density at radius 1 is 1.21 bits per heavy atom. The SMILES string of the molecule is CNS(=O)(=O)c1ccc(CNC(=O)C2CCCN(C(=O)OC(C)(C)C)C2)cc1. The van der Waals surface area contributed by atoms with Crippen molar-refractivity contribution in [3.63, 3.8) is 0 Å². The zero-order chi connectivity index (χ0) is 20.9. The van der Waals surface area contributed by atoms with E-state index >= 15 is 0 Å². The largest absolute Gasteiger partial charge is 0.444 e. The third-order valence-electron chi connectivity index (χ3n) is 4.41. The first kappa shape index (κ1) is 22.2. The van der Waals surface area contributed by atoms with Gasteiger partial charge in [-0.15, -0.1) is 0 Å². The number of hydrogen-bond acceptors (Lipinski definition) is 5. The minimum Gasteiger partial charge on any atom is -0.444 e. The van der Waals surface area contributed by atoms with Crippen molar-refractivity contribution in [2.45, 2.75) is 50.7 Å². The highest BCUT2D eigenvalue weighted by molar-refractivity contribution is 7.89. The van der Waals surface area contributed by atoms with Gasteiger partial charge in [0.05, 0.1) is 10.8 Å².